The van der Waals surface area contributed by atoms with E-state index in [1.165, 1.54) is 25.1 Å². The maximum absolute atomic E-state index is 12.4. The molecule has 9 nitrogen and oxygen atoms in total. The fourth-order valence-corrected chi connectivity index (χ4v) is 4.44. The van der Waals surface area contributed by atoms with Gasteiger partial charge in [-0.25, -0.2) is 8.42 Å². The van der Waals surface area contributed by atoms with E-state index in [1.54, 1.807) is 24.1 Å². The molecule has 0 aliphatic carbocycles. The Kier molecular flexibility index (Phi) is 7.46. The Morgan fingerprint density at radius 3 is 2.71 bits per heavy atom. The molecule has 1 N–H and O–H groups in total. The monoisotopic (exact) mass is 427 g/mol. The first-order valence-corrected chi connectivity index (χ1v) is 11.3. The molecular formula is C17H21N3O6S2. The number of sulfonamides is 1. The molecule has 0 aliphatic rings. The highest BCUT2D eigenvalue weighted by Crippen LogP contribution is 2.25. The lowest BCUT2D eigenvalue weighted by Gasteiger charge is -2.28. The highest BCUT2D eigenvalue weighted by Gasteiger charge is 2.29. The molecule has 0 aliphatic heterocycles. The van der Waals surface area contributed by atoms with E-state index in [2.05, 4.69) is 5.32 Å². The van der Waals surface area contributed by atoms with Crippen molar-refractivity contribution in [2.45, 2.75) is 18.7 Å². The summed E-state index contributed by atoms with van der Waals surface area (Å²) in [7, 11) is -3.84. The van der Waals surface area contributed by atoms with Gasteiger partial charge in [0, 0.05) is 24.4 Å². The summed E-state index contributed by atoms with van der Waals surface area (Å²) in [6.45, 7) is 1.78. The number of hydrogen-bond acceptors (Lipinski definition) is 7. The summed E-state index contributed by atoms with van der Waals surface area (Å²) in [6.07, 6.45) is 2.54. The maximum atomic E-state index is 12.4. The van der Waals surface area contributed by atoms with Crippen molar-refractivity contribution in [2.75, 3.05) is 22.9 Å². The van der Waals surface area contributed by atoms with Crippen molar-refractivity contribution in [3.63, 3.8) is 0 Å². The highest BCUT2D eigenvalue weighted by molar-refractivity contribution is 7.98. The number of nitro groups is 1. The minimum atomic E-state index is -3.84. The van der Waals surface area contributed by atoms with Crippen LogP contribution in [0.3, 0.4) is 0 Å². The van der Waals surface area contributed by atoms with E-state index in [1.807, 2.05) is 6.07 Å². The number of nitrogens with one attached hydrogen (secondary N) is 1. The number of hydrogen-bond donors (Lipinski definition) is 1. The zero-order valence-electron chi connectivity index (χ0n) is 15.4. The largest absolute Gasteiger partial charge is 0.468 e. The lowest BCUT2D eigenvalue weighted by Crippen LogP contribution is -2.48. The summed E-state index contributed by atoms with van der Waals surface area (Å²) in [5.74, 6) is 1.63. The molecule has 0 unspecified atom stereocenters. The summed E-state index contributed by atoms with van der Waals surface area (Å²) in [4.78, 5) is 22.8. The van der Waals surface area contributed by atoms with Crippen LogP contribution in [-0.2, 0) is 20.6 Å². The molecule has 1 heterocycles. The van der Waals surface area contributed by atoms with Gasteiger partial charge in [-0.2, -0.15) is 11.8 Å². The summed E-state index contributed by atoms with van der Waals surface area (Å²) < 4.78 is 30.6. The molecule has 0 radical (unpaired) electrons. The van der Waals surface area contributed by atoms with Crippen molar-refractivity contribution in [3.8, 4) is 0 Å². The number of non-ortho nitro benzene ring substituents is 1. The SMILES string of the molecule is C[C@H](C(=O)NCCSCc1ccco1)N(c1cccc([N+](=O)[O-])c1)S(C)(=O)=O. The van der Waals surface area contributed by atoms with E-state index in [9.17, 15) is 23.3 Å². The van der Waals surface area contributed by atoms with Crippen molar-refractivity contribution in [1.29, 1.82) is 0 Å². The van der Waals surface area contributed by atoms with Gasteiger partial charge in [0.05, 0.1) is 28.9 Å². The van der Waals surface area contributed by atoms with E-state index in [-0.39, 0.29) is 11.4 Å². The average molecular weight is 428 g/mol. The van der Waals surface area contributed by atoms with Gasteiger partial charge in [0.15, 0.2) is 0 Å². The number of rotatable bonds is 10. The molecule has 2 rings (SSSR count). The van der Waals surface area contributed by atoms with Gasteiger partial charge in [-0.15, -0.1) is 0 Å². The second kappa shape index (κ2) is 9.60. The number of carbonyl (C=O) groups excluding carboxylic acids is 1. The van der Waals surface area contributed by atoms with Crippen LogP contribution in [0.15, 0.2) is 47.1 Å². The fourth-order valence-electron chi connectivity index (χ4n) is 2.51. The lowest BCUT2D eigenvalue weighted by molar-refractivity contribution is -0.384. The Morgan fingerprint density at radius 1 is 1.36 bits per heavy atom. The second-order valence-electron chi connectivity index (χ2n) is 5.93. The van der Waals surface area contributed by atoms with Gasteiger partial charge < -0.3 is 9.73 Å². The molecule has 1 amide bonds. The number of nitro benzene ring substituents is 1. The fraction of sp³-hybridized carbons (Fsp3) is 0.353. The van der Waals surface area contributed by atoms with Crippen LogP contribution in [0.1, 0.15) is 12.7 Å². The number of anilines is 1. The molecule has 28 heavy (non-hydrogen) atoms. The van der Waals surface area contributed by atoms with E-state index < -0.39 is 26.9 Å². The Bertz CT molecular complexity index is 915. The average Bonchev–Trinajstić information content (AvgIpc) is 3.13. The molecular weight excluding hydrogens is 406 g/mol. The Labute approximate surface area is 167 Å². The van der Waals surface area contributed by atoms with Crippen LogP contribution in [0, 0.1) is 10.1 Å². The van der Waals surface area contributed by atoms with Gasteiger partial charge in [0.25, 0.3) is 5.69 Å². The predicted octanol–water partition coefficient (Wildman–Crippen LogP) is 2.39. The van der Waals surface area contributed by atoms with Crippen molar-refractivity contribution in [3.05, 3.63) is 58.5 Å². The first-order chi connectivity index (χ1) is 13.2. The van der Waals surface area contributed by atoms with Crippen molar-refractivity contribution >= 4 is 39.1 Å². The predicted molar refractivity (Wildman–Crippen MR) is 108 cm³/mol. The minimum Gasteiger partial charge on any atom is -0.468 e. The Hall–Kier alpha value is -2.53. The molecule has 1 atom stereocenters. The van der Waals surface area contributed by atoms with Gasteiger partial charge in [0.2, 0.25) is 15.9 Å². The van der Waals surface area contributed by atoms with E-state index >= 15 is 0 Å². The molecule has 0 fully saturated rings. The Morgan fingerprint density at radius 2 is 2.11 bits per heavy atom. The molecule has 1 aromatic heterocycles. The highest BCUT2D eigenvalue weighted by atomic mass is 32.2. The lowest BCUT2D eigenvalue weighted by atomic mass is 10.2. The summed E-state index contributed by atoms with van der Waals surface area (Å²) in [5.41, 5.74) is -0.195. The first-order valence-electron chi connectivity index (χ1n) is 8.32. The summed E-state index contributed by atoms with van der Waals surface area (Å²) >= 11 is 1.56. The third-order valence-electron chi connectivity index (χ3n) is 3.75. The molecule has 0 bridgehead atoms. The third-order valence-corrected chi connectivity index (χ3v) is 5.98. The minimum absolute atomic E-state index is 0.0616. The summed E-state index contributed by atoms with van der Waals surface area (Å²) in [5, 5.41) is 13.7. The van der Waals surface area contributed by atoms with Gasteiger partial charge >= 0.3 is 0 Å². The van der Waals surface area contributed by atoms with Crippen LogP contribution < -0.4 is 9.62 Å². The summed E-state index contributed by atoms with van der Waals surface area (Å²) in [6, 6.07) is 7.77. The van der Waals surface area contributed by atoms with Crippen LogP contribution in [0.2, 0.25) is 0 Å². The van der Waals surface area contributed by atoms with E-state index in [4.69, 9.17) is 4.42 Å². The van der Waals surface area contributed by atoms with Gasteiger partial charge in [0.1, 0.15) is 11.8 Å². The topological polar surface area (TPSA) is 123 Å². The Balaban J connectivity index is 2.00. The standard InChI is InChI=1S/C17H21N3O6S2/c1-13(17(21)18-8-10-27-12-16-7-4-9-26-16)19(28(2,24)25)14-5-3-6-15(11-14)20(22)23/h3-7,9,11,13H,8,10,12H2,1-2H3,(H,18,21)/t13-/m1/s1. The quantitative estimate of drug-likeness (QED) is 0.351. The van der Waals surface area contributed by atoms with Crippen LogP contribution in [-0.4, -0.2) is 43.8 Å². The number of carbonyl (C=O) groups is 1. The molecule has 0 saturated heterocycles. The van der Waals surface area contributed by atoms with E-state index in [0.29, 0.717) is 18.1 Å². The van der Waals surface area contributed by atoms with E-state index in [0.717, 1.165) is 22.4 Å². The van der Waals surface area contributed by atoms with Crippen LogP contribution >= 0.6 is 11.8 Å². The third kappa shape index (κ3) is 5.99. The molecule has 152 valence electrons. The van der Waals surface area contributed by atoms with Crippen molar-refractivity contribution in [2.24, 2.45) is 0 Å². The second-order valence-corrected chi connectivity index (χ2v) is 8.90. The van der Waals surface area contributed by atoms with Gasteiger partial charge in [-0.05, 0) is 25.1 Å². The van der Waals surface area contributed by atoms with Crippen LogP contribution in [0.25, 0.3) is 0 Å². The van der Waals surface area contributed by atoms with Crippen molar-refractivity contribution < 1.29 is 22.6 Å². The van der Waals surface area contributed by atoms with Gasteiger partial charge in [-0.3, -0.25) is 19.2 Å². The normalized spacial score (nSPS) is 12.4. The number of amides is 1. The molecule has 2 aromatic rings. The van der Waals surface area contributed by atoms with Crippen LogP contribution in [0.4, 0.5) is 11.4 Å². The van der Waals surface area contributed by atoms with Crippen LogP contribution in [0.5, 0.6) is 0 Å². The first kappa shape index (κ1) is 21.8. The zero-order chi connectivity index (χ0) is 20.7. The number of benzene rings is 1. The molecule has 1 aromatic carbocycles. The smallest absolute Gasteiger partial charge is 0.271 e. The molecule has 0 saturated carbocycles. The number of furan rings is 1. The number of nitrogens with zero attached hydrogens (tertiary/aromatic N) is 2. The number of thioether (sulfide) groups is 1. The molecule has 0 spiro atoms. The van der Waals surface area contributed by atoms with Gasteiger partial charge in [-0.1, -0.05) is 6.07 Å². The van der Waals surface area contributed by atoms with Crippen molar-refractivity contribution in [1.82, 2.24) is 5.32 Å². The molecule has 11 heteroatoms. The zero-order valence-corrected chi connectivity index (χ0v) is 17.0. The maximum Gasteiger partial charge on any atom is 0.271 e.